The van der Waals surface area contributed by atoms with Crippen molar-refractivity contribution in [3.05, 3.63) is 118 Å². The zero-order valence-electron chi connectivity index (χ0n) is 24.1. The van der Waals surface area contributed by atoms with Crippen LogP contribution in [0.4, 0.5) is 5.00 Å². The van der Waals surface area contributed by atoms with Crippen LogP contribution in [0.3, 0.4) is 0 Å². The van der Waals surface area contributed by atoms with Crippen molar-refractivity contribution in [1.82, 2.24) is 4.98 Å². The van der Waals surface area contributed by atoms with Gasteiger partial charge in [-0.05, 0) is 66.3 Å². The van der Waals surface area contributed by atoms with E-state index in [1.165, 1.54) is 29.6 Å². The first-order valence-corrected chi connectivity index (χ1v) is 15.3. The Morgan fingerprint density at radius 1 is 1.00 bits per heavy atom. The van der Waals surface area contributed by atoms with E-state index in [0.717, 1.165) is 58.3 Å². The lowest BCUT2D eigenvalue weighted by Gasteiger charge is -2.22. The third-order valence-electron chi connectivity index (χ3n) is 8.01. The van der Waals surface area contributed by atoms with Crippen LogP contribution in [0.15, 0.2) is 84.9 Å². The number of aromatic nitrogens is 1. The number of esters is 1. The SMILES string of the molecule is COC(=O)c1c(NC(=O)c2cc(-c3ccc(CC(C)C)cc3)nc3ccccc23)sc2c1CCC(c1ccccc1)C2. The van der Waals surface area contributed by atoms with E-state index in [1.54, 1.807) is 0 Å². The molecule has 1 amide bonds. The van der Waals surface area contributed by atoms with Gasteiger partial charge in [0, 0.05) is 15.8 Å². The number of hydrogen-bond acceptors (Lipinski definition) is 5. The summed E-state index contributed by atoms with van der Waals surface area (Å²) in [6, 6.07) is 28.4. The fourth-order valence-corrected chi connectivity index (χ4v) is 7.28. The van der Waals surface area contributed by atoms with Crippen molar-refractivity contribution in [2.75, 3.05) is 12.4 Å². The Kier molecular flexibility index (Phi) is 7.90. The molecule has 42 heavy (non-hydrogen) atoms. The zero-order valence-corrected chi connectivity index (χ0v) is 25.0. The lowest BCUT2D eigenvalue weighted by Crippen LogP contribution is -2.16. The molecule has 0 spiro atoms. The lowest BCUT2D eigenvalue weighted by atomic mass is 9.83. The minimum atomic E-state index is -0.414. The van der Waals surface area contributed by atoms with Gasteiger partial charge in [-0.15, -0.1) is 11.3 Å². The molecule has 0 bridgehead atoms. The van der Waals surface area contributed by atoms with Gasteiger partial charge in [0.05, 0.1) is 29.4 Å². The number of para-hydroxylation sites is 1. The van der Waals surface area contributed by atoms with Crippen LogP contribution in [0.5, 0.6) is 0 Å². The fourth-order valence-electron chi connectivity index (χ4n) is 5.97. The van der Waals surface area contributed by atoms with Crippen molar-refractivity contribution in [1.29, 1.82) is 0 Å². The van der Waals surface area contributed by atoms with Gasteiger partial charge in [0.25, 0.3) is 5.91 Å². The highest BCUT2D eigenvalue weighted by molar-refractivity contribution is 7.17. The molecule has 0 radical (unpaired) electrons. The van der Waals surface area contributed by atoms with Crippen molar-refractivity contribution in [2.45, 2.75) is 45.4 Å². The van der Waals surface area contributed by atoms with Crippen molar-refractivity contribution < 1.29 is 14.3 Å². The van der Waals surface area contributed by atoms with E-state index >= 15 is 0 Å². The molecule has 1 unspecified atom stereocenters. The maximum absolute atomic E-state index is 14.0. The minimum Gasteiger partial charge on any atom is -0.465 e. The van der Waals surface area contributed by atoms with E-state index in [4.69, 9.17) is 9.72 Å². The van der Waals surface area contributed by atoms with Crippen LogP contribution < -0.4 is 5.32 Å². The first kappa shape index (κ1) is 27.9. The highest BCUT2D eigenvalue weighted by atomic mass is 32.1. The third kappa shape index (κ3) is 5.59. The number of pyridine rings is 1. The van der Waals surface area contributed by atoms with Crippen LogP contribution in [0.2, 0.25) is 0 Å². The summed E-state index contributed by atoms with van der Waals surface area (Å²) in [5, 5.41) is 4.42. The molecule has 5 nitrogen and oxygen atoms in total. The summed E-state index contributed by atoms with van der Waals surface area (Å²) >= 11 is 1.49. The summed E-state index contributed by atoms with van der Waals surface area (Å²) in [6.07, 6.45) is 3.55. The lowest BCUT2D eigenvalue weighted by molar-refractivity contribution is 0.0601. The second-order valence-electron chi connectivity index (χ2n) is 11.4. The number of methoxy groups -OCH3 is 1. The van der Waals surface area contributed by atoms with Crippen LogP contribution in [0.25, 0.3) is 22.2 Å². The Balaban J connectivity index is 1.35. The van der Waals surface area contributed by atoms with Gasteiger partial charge in [-0.1, -0.05) is 86.6 Å². The average Bonchev–Trinajstić information content (AvgIpc) is 3.37. The Labute approximate surface area is 250 Å². The molecule has 6 rings (SSSR count). The van der Waals surface area contributed by atoms with Gasteiger partial charge in [0.2, 0.25) is 0 Å². The molecule has 0 fully saturated rings. The largest absolute Gasteiger partial charge is 0.465 e. The number of ether oxygens (including phenoxy) is 1. The van der Waals surface area contributed by atoms with E-state index in [9.17, 15) is 9.59 Å². The third-order valence-corrected chi connectivity index (χ3v) is 9.18. The Morgan fingerprint density at radius 2 is 1.74 bits per heavy atom. The predicted octanol–water partition coefficient (Wildman–Crippen LogP) is 8.47. The first-order valence-electron chi connectivity index (χ1n) is 14.5. The maximum Gasteiger partial charge on any atom is 0.341 e. The molecule has 0 saturated heterocycles. The molecule has 1 aliphatic carbocycles. The summed E-state index contributed by atoms with van der Waals surface area (Å²) in [7, 11) is 1.39. The van der Waals surface area contributed by atoms with E-state index in [2.05, 4.69) is 67.7 Å². The molecule has 5 aromatic rings. The molecule has 1 aliphatic rings. The smallest absolute Gasteiger partial charge is 0.341 e. The fraction of sp³-hybridized carbons (Fsp3) is 0.250. The van der Waals surface area contributed by atoms with Gasteiger partial charge in [-0.25, -0.2) is 9.78 Å². The molecule has 1 N–H and O–H groups in total. The summed E-state index contributed by atoms with van der Waals surface area (Å²) in [5.74, 6) is 0.273. The number of anilines is 1. The Hall–Kier alpha value is -4.29. The van der Waals surface area contributed by atoms with Crippen LogP contribution in [0, 0.1) is 5.92 Å². The summed E-state index contributed by atoms with van der Waals surface area (Å²) in [5.41, 5.74) is 7.01. The molecular formula is C36H34N2O3S. The summed E-state index contributed by atoms with van der Waals surface area (Å²) in [6.45, 7) is 4.42. The van der Waals surface area contributed by atoms with Crippen LogP contribution in [-0.2, 0) is 24.0 Å². The second kappa shape index (κ2) is 11.9. The van der Waals surface area contributed by atoms with Crippen molar-refractivity contribution in [3.63, 3.8) is 0 Å². The molecule has 3 aromatic carbocycles. The number of carbonyl (C=O) groups excluding carboxylic acids is 2. The quantitative estimate of drug-likeness (QED) is 0.198. The average molecular weight is 575 g/mol. The van der Waals surface area contributed by atoms with Gasteiger partial charge in [0.15, 0.2) is 0 Å². The molecule has 1 atom stereocenters. The minimum absolute atomic E-state index is 0.269. The second-order valence-corrected chi connectivity index (χ2v) is 12.5. The number of nitrogens with one attached hydrogen (secondary N) is 1. The number of nitrogens with zero attached hydrogens (tertiary/aromatic N) is 1. The van der Waals surface area contributed by atoms with Crippen molar-refractivity contribution >= 4 is 39.1 Å². The number of hydrogen-bond donors (Lipinski definition) is 1. The summed E-state index contributed by atoms with van der Waals surface area (Å²) in [4.78, 5) is 33.0. The Bertz CT molecular complexity index is 1760. The number of fused-ring (bicyclic) bond motifs is 2. The summed E-state index contributed by atoms with van der Waals surface area (Å²) < 4.78 is 5.19. The van der Waals surface area contributed by atoms with Crippen molar-refractivity contribution in [3.8, 4) is 11.3 Å². The monoisotopic (exact) mass is 574 g/mol. The highest BCUT2D eigenvalue weighted by Crippen LogP contribution is 2.43. The topological polar surface area (TPSA) is 68.3 Å². The molecule has 212 valence electrons. The van der Waals surface area contributed by atoms with E-state index in [-0.39, 0.29) is 5.91 Å². The standard InChI is InChI=1S/C36H34N2O3S/c1-22(2)19-23-13-15-25(16-14-23)31-21-29(27-11-7-8-12-30(27)37-31)34(39)38-35-33(36(40)41-3)28-18-17-26(20-32(28)42-35)24-9-5-4-6-10-24/h4-16,21-22,26H,17-20H2,1-3H3,(H,38,39). The first-order chi connectivity index (χ1) is 20.4. The Morgan fingerprint density at radius 3 is 2.48 bits per heavy atom. The molecule has 6 heteroatoms. The van der Waals surface area contributed by atoms with Crippen LogP contribution in [0.1, 0.15) is 68.5 Å². The molecule has 2 aromatic heterocycles. The number of carbonyl (C=O) groups is 2. The predicted molar refractivity (Wildman–Crippen MR) is 171 cm³/mol. The highest BCUT2D eigenvalue weighted by Gasteiger charge is 2.31. The van der Waals surface area contributed by atoms with E-state index in [1.807, 2.05) is 36.4 Å². The molecule has 0 saturated carbocycles. The van der Waals surface area contributed by atoms with Gasteiger partial charge in [-0.3, -0.25) is 4.79 Å². The number of rotatable bonds is 7. The van der Waals surface area contributed by atoms with E-state index < -0.39 is 5.97 Å². The molecule has 0 aliphatic heterocycles. The normalized spacial score (nSPS) is 14.5. The van der Waals surface area contributed by atoms with Gasteiger partial charge >= 0.3 is 5.97 Å². The van der Waals surface area contributed by atoms with Gasteiger partial charge < -0.3 is 10.1 Å². The van der Waals surface area contributed by atoms with Gasteiger partial charge in [-0.2, -0.15) is 0 Å². The van der Waals surface area contributed by atoms with Crippen LogP contribution in [-0.4, -0.2) is 24.0 Å². The van der Waals surface area contributed by atoms with Crippen LogP contribution >= 0.6 is 11.3 Å². The molecule has 2 heterocycles. The number of thiophene rings is 1. The van der Waals surface area contributed by atoms with Crippen molar-refractivity contribution in [2.24, 2.45) is 5.92 Å². The maximum atomic E-state index is 14.0. The zero-order chi connectivity index (χ0) is 29.2. The van der Waals surface area contributed by atoms with Gasteiger partial charge in [0.1, 0.15) is 5.00 Å². The number of amides is 1. The molecular weight excluding hydrogens is 540 g/mol. The number of benzene rings is 3. The van der Waals surface area contributed by atoms with E-state index in [0.29, 0.717) is 28.0 Å².